The van der Waals surface area contributed by atoms with Crippen LogP contribution in [0.15, 0.2) is 30.3 Å². The van der Waals surface area contributed by atoms with Gasteiger partial charge in [-0.15, -0.1) is 0 Å². The van der Waals surface area contributed by atoms with Crippen molar-refractivity contribution in [3.63, 3.8) is 0 Å². The van der Waals surface area contributed by atoms with Crippen LogP contribution >= 0.6 is 0 Å². The molecule has 1 aromatic carbocycles. The Morgan fingerprint density at radius 3 is 1.88 bits per heavy atom. The fourth-order valence-electron chi connectivity index (χ4n) is 2.79. The predicted molar refractivity (Wildman–Crippen MR) is 105 cm³/mol. The molecule has 5 nitrogen and oxygen atoms in total. The second kappa shape index (κ2) is 10.8. The molecule has 1 aromatic rings. The Balaban J connectivity index is 3.08. The average Bonchev–Trinajstić information content (AvgIpc) is 2.54. The molecule has 0 bridgehead atoms. The van der Waals surface area contributed by atoms with E-state index in [1.165, 1.54) is 0 Å². The molecule has 0 aromatic heterocycles. The van der Waals surface area contributed by atoms with Gasteiger partial charge in [-0.25, -0.2) is 0 Å². The van der Waals surface area contributed by atoms with Crippen molar-refractivity contribution < 1.29 is 22.8 Å². The van der Waals surface area contributed by atoms with E-state index in [9.17, 15) is 4.79 Å². The minimum Gasteiger partial charge on any atom is -0.460 e. The molecule has 148 valence electrons. The summed E-state index contributed by atoms with van der Waals surface area (Å²) in [7, 11) is -2.95. The molecular formula is C20H34O5Si. The number of rotatable bonds is 11. The van der Waals surface area contributed by atoms with Crippen LogP contribution in [0, 0.1) is 5.92 Å². The van der Waals surface area contributed by atoms with E-state index in [4.69, 9.17) is 18.0 Å². The van der Waals surface area contributed by atoms with E-state index in [1.54, 1.807) is 0 Å². The highest BCUT2D eigenvalue weighted by Gasteiger charge is 2.45. The number of ether oxygens (including phenoxy) is 1. The van der Waals surface area contributed by atoms with Crippen molar-refractivity contribution in [2.45, 2.75) is 59.6 Å². The Morgan fingerprint density at radius 1 is 0.962 bits per heavy atom. The van der Waals surface area contributed by atoms with E-state index in [1.807, 2.05) is 71.9 Å². The number of carbonyl (C=O) groups is 1. The normalized spacial score (nSPS) is 13.5. The van der Waals surface area contributed by atoms with Gasteiger partial charge in [-0.3, -0.25) is 4.79 Å². The summed E-state index contributed by atoms with van der Waals surface area (Å²) < 4.78 is 23.5. The van der Waals surface area contributed by atoms with Gasteiger partial charge < -0.3 is 18.0 Å². The van der Waals surface area contributed by atoms with Crippen LogP contribution in [0.5, 0.6) is 0 Å². The van der Waals surface area contributed by atoms with Crippen molar-refractivity contribution in [3.8, 4) is 0 Å². The molecule has 0 saturated carbocycles. The van der Waals surface area contributed by atoms with Crippen molar-refractivity contribution in [2.75, 3.05) is 19.8 Å². The Morgan fingerprint density at radius 2 is 1.46 bits per heavy atom. The average molecular weight is 383 g/mol. The first kappa shape index (κ1) is 22.8. The van der Waals surface area contributed by atoms with Gasteiger partial charge in [0.1, 0.15) is 5.60 Å². The fourth-order valence-corrected chi connectivity index (χ4v) is 5.62. The van der Waals surface area contributed by atoms with Crippen LogP contribution in [0.3, 0.4) is 0 Å². The van der Waals surface area contributed by atoms with Crippen LogP contribution in [-0.2, 0) is 29.2 Å². The monoisotopic (exact) mass is 382 g/mol. The molecule has 0 N–H and O–H groups in total. The molecule has 0 aliphatic heterocycles. The first-order valence-electron chi connectivity index (χ1n) is 9.44. The Kier molecular flexibility index (Phi) is 9.50. The van der Waals surface area contributed by atoms with Gasteiger partial charge in [0, 0.05) is 25.9 Å². The lowest BCUT2D eigenvalue weighted by atomic mass is 10.0. The second-order valence-electron chi connectivity index (χ2n) is 7.11. The van der Waals surface area contributed by atoms with E-state index in [2.05, 4.69) is 0 Å². The standard InChI is InChI=1S/C20H34O5Si/c1-7-22-26(23-8-2,24-9-3)16-18(19(21)25-20(4,5)6)15-17-13-11-10-12-14-17/h10-14,18H,7-9,15-16H2,1-6H3. The lowest BCUT2D eigenvalue weighted by Crippen LogP contribution is -2.49. The van der Waals surface area contributed by atoms with E-state index in [0.29, 0.717) is 32.3 Å². The maximum atomic E-state index is 12.9. The lowest BCUT2D eigenvalue weighted by molar-refractivity contribution is -0.159. The van der Waals surface area contributed by atoms with Crippen LogP contribution in [0.4, 0.5) is 0 Å². The predicted octanol–water partition coefficient (Wildman–Crippen LogP) is 4.24. The number of hydrogen-bond acceptors (Lipinski definition) is 5. The van der Waals surface area contributed by atoms with Crippen molar-refractivity contribution in [3.05, 3.63) is 35.9 Å². The zero-order valence-corrected chi connectivity index (χ0v) is 18.0. The van der Waals surface area contributed by atoms with Crippen LogP contribution in [-0.4, -0.2) is 40.2 Å². The van der Waals surface area contributed by atoms with Gasteiger partial charge >= 0.3 is 14.8 Å². The molecule has 0 radical (unpaired) electrons. The minimum atomic E-state index is -2.95. The highest BCUT2D eigenvalue weighted by molar-refractivity contribution is 6.61. The molecule has 0 aliphatic carbocycles. The molecule has 1 rings (SSSR count). The van der Waals surface area contributed by atoms with Crippen molar-refractivity contribution in [2.24, 2.45) is 5.92 Å². The molecule has 0 spiro atoms. The van der Waals surface area contributed by atoms with E-state index in [0.717, 1.165) is 5.56 Å². The summed E-state index contributed by atoms with van der Waals surface area (Å²) in [6.45, 7) is 12.8. The smallest absolute Gasteiger partial charge is 0.460 e. The summed E-state index contributed by atoms with van der Waals surface area (Å²) in [4.78, 5) is 12.9. The first-order chi connectivity index (χ1) is 12.2. The van der Waals surface area contributed by atoms with Gasteiger partial charge in [0.15, 0.2) is 0 Å². The summed E-state index contributed by atoms with van der Waals surface area (Å²) >= 11 is 0. The molecule has 1 atom stereocenters. The Labute approximate surface area is 159 Å². The molecule has 1 unspecified atom stereocenters. The number of benzene rings is 1. The molecule has 0 aliphatic rings. The third-order valence-corrected chi connectivity index (χ3v) is 6.83. The van der Waals surface area contributed by atoms with Gasteiger partial charge in [0.2, 0.25) is 0 Å². The largest absolute Gasteiger partial charge is 0.501 e. The maximum absolute atomic E-state index is 12.9. The van der Waals surface area contributed by atoms with E-state index in [-0.39, 0.29) is 11.9 Å². The highest BCUT2D eigenvalue weighted by Crippen LogP contribution is 2.27. The fraction of sp³-hybridized carbons (Fsp3) is 0.650. The summed E-state index contributed by atoms with van der Waals surface area (Å²) in [5.74, 6) is -0.620. The second-order valence-corrected chi connectivity index (χ2v) is 9.75. The summed E-state index contributed by atoms with van der Waals surface area (Å²) in [5.41, 5.74) is 0.537. The summed E-state index contributed by atoms with van der Waals surface area (Å²) in [6, 6.07) is 10.4. The zero-order chi connectivity index (χ0) is 19.6. The molecular weight excluding hydrogens is 348 g/mol. The Bertz CT molecular complexity index is 510. The summed E-state index contributed by atoms with van der Waals surface area (Å²) in [6.07, 6.45) is 0.567. The SMILES string of the molecule is CCO[Si](CC(Cc1ccccc1)C(=O)OC(C)(C)C)(OCC)OCC. The molecule has 0 saturated heterocycles. The van der Waals surface area contributed by atoms with E-state index < -0.39 is 14.4 Å². The Hall–Kier alpha value is -1.21. The molecule has 0 heterocycles. The highest BCUT2D eigenvalue weighted by atomic mass is 28.4. The van der Waals surface area contributed by atoms with Gasteiger partial charge in [-0.05, 0) is 53.5 Å². The van der Waals surface area contributed by atoms with Gasteiger partial charge in [0.05, 0.1) is 5.92 Å². The van der Waals surface area contributed by atoms with Crippen LogP contribution in [0.2, 0.25) is 6.04 Å². The van der Waals surface area contributed by atoms with Crippen molar-refractivity contribution in [1.29, 1.82) is 0 Å². The quantitative estimate of drug-likeness (QED) is 0.423. The van der Waals surface area contributed by atoms with Crippen molar-refractivity contribution in [1.82, 2.24) is 0 Å². The molecule has 0 amide bonds. The first-order valence-corrected chi connectivity index (χ1v) is 11.4. The number of carbonyl (C=O) groups excluding carboxylic acids is 1. The third kappa shape index (κ3) is 7.99. The van der Waals surface area contributed by atoms with Crippen LogP contribution in [0.1, 0.15) is 47.1 Å². The van der Waals surface area contributed by atoms with Crippen molar-refractivity contribution >= 4 is 14.8 Å². The zero-order valence-electron chi connectivity index (χ0n) is 17.0. The lowest BCUT2D eigenvalue weighted by Gasteiger charge is -2.32. The topological polar surface area (TPSA) is 54.0 Å². The van der Waals surface area contributed by atoms with Gasteiger partial charge in [-0.1, -0.05) is 30.3 Å². The number of esters is 1. The van der Waals surface area contributed by atoms with Crippen LogP contribution < -0.4 is 0 Å². The molecule has 0 fully saturated rings. The third-order valence-electron chi connectivity index (χ3n) is 3.65. The maximum Gasteiger partial charge on any atom is 0.501 e. The van der Waals surface area contributed by atoms with Crippen LogP contribution in [0.25, 0.3) is 0 Å². The van der Waals surface area contributed by atoms with E-state index >= 15 is 0 Å². The number of hydrogen-bond donors (Lipinski definition) is 0. The summed E-state index contributed by atoms with van der Waals surface area (Å²) in [5, 5.41) is 0. The molecule has 6 heteroatoms. The molecule has 26 heavy (non-hydrogen) atoms. The van der Waals surface area contributed by atoms with Gasteiger partial charge in [-0.2, -0.15) is 0 Å². The minimum absolute atomic E-state index is 0.239. The van der Waals surface area contributed by atoms with Gasteiger partial charge in [0.25, 0.3) is 0 Å².